The number of ether oxygens (including phenoxy) is 2. The summed E-state index contributed by atoms with van der Waals surface area (Å²) in [6, 6.07) is 12.4. The molecule has 0 saturated heterocycles. The summed E-state index contributed by atoms with van der Waals surface area (Å²) in [6.45, 7) is 11.3. The molecule has 0 aliphatic carbocycles. The Balaban J connectivity index is 1.90. The molecular weight excluding hydrogens is 522 g/mol. The summed E-state index contributed by atoms with van der Waals surface area (Å²) < 4.78 is 13.3. The van der Waals surface area contributed by atoms with Crippen LogP contribution in [0.15, 0.2) is 63.5 Å². The fourth-order valence-electron chi connectivity index (χ4n) is 4.57. The van der Waals surface area contributed by atoms with Crippen LogP contribution in [0.5, 0.6) is 5.75 Å². The molecule has 0 fully saturated rings. The van der Waals surface area contributed by atoms with Gasteiger partial charge in [0.25, 0.3) is 5.56 Å². The standard InChI is InChI=1S/C29H32ClN3O4S/c1-7-32(8-2)22-14-11-20(23(16-22)36-6)15-24-27(34)33-26(19-9-12-21(30)13-10-19)25(28(35)37-17(3)4)18(5)31-29(33)38-24/h9-17,26H,7-8H2,1-6H3/b24-15-/t26-/m1/s1. The summed E-state index contributed by atoms with van der Waals surface area (Å²) in [6.07, 6.45) is 1.50. The van der Waals surface area contributed by atoms with E-state index in [1.807, 2.05) is 36.4 Å². The number of thiazole rings is 1. The van der Waals surface area contributed by atoms with Crippen LogP contribution in [0.25, 0.3) is 6.08 Å². The first kappa shape index (κ1) is 27.7. The Bertz CT molecular complexity index is 1550. The molecule has 0 saturated carbocycles. The van der Waals surface area contributed by atoms with E-state index in [1.54, 1.807) is 44.6 Å². The predicted octanol–water partition coefficient (Wildman–Crippen LogP) is 4.70. The van der Waals surface area contributed by atoms with Crippen LogP contribution in [-0.2, 0) is 9.53 Å². The lowest BCUT2D eigenvalue weighted by Crippen LogP contribution is -2.40. The average Bonchev–Trinajstić information content (AvgIpc) is 3.18. The zero-order valence-electron chi connectivity index (χ0n) is 22.4. The molecular formula is C29H32ClN3O4S. The summed E-state index contributed by atoms with van der Waals surface area (Å²) in [7, 11) is 1.62. The number of esters is 1. The highest BCUT2D eigenvalue weighted by Crippen LogP contribution is 2.32. The number of rotatable bonds is 8. The zero-order chi connectivity index (χ0) is 27.6. The van der Waals surface area contributed by atoms with E-state index in [4.69, 9.17) is 21.1 Å². The van der Waals surface area contributed by atoms with Crippen molar-refractivity contribution in [2.75, 3.05) is 25.1 Å². The van der Waals surface area contributed by atoms with Crippen molar-refractivity contribution < 1.29 is 14.3 Å². The van der Waals surface area contributed by atoms with Gasteiger partial charge in [-0.3, -0.25) is 9.36 Å². The van der Waals surface area contributed by atoms with E-state index >= 15 is 0 Å². The Labute approximate surface area is 231 Å². The summed E-state index contributed by atoms with van der Waals surface area (Å²) >= 11 is 7.42. The van der Waals surface area contributed by atoms with E-state index in [0.717, 1.165) is 29.9 Å². The van der Waals surface area contributed by atoms with E-state index in [9.17, 15) is 9.59 Å². The van der Waals surface area contributed by atoms with Gasteiger partial charge in [0.15, 0.2) is 4.80 Å². The number of aromatic nitrogens is 1. The third-order valence-corrected chi connectivity index (χ3v) is 7.64. The number of carbonyl (C=O) groups excluding carboxylic acids is 1. The fourth-order valence-corrected chi connectivity index (χ4v) is 5.73. The molecule has 1 aliphatic heterocycles. The summed E-state index contributed by atoms with van der Waals surface area (Å²) in [4.78, 5) is 34.5. The number of hydrogen-bond acceptors (Lipinski definition) is 7. The maximum atomic E-state index is 13.9. The summed E-state index contributed by atoms with van der Waals surface area (Å²) in [5, 5.41) is 0.563. The van der Waals surface area contributed by atoms with Crippen LogP contribution in [0.3, 0.4) is 0 Å². The van der Waals surface area contributed by atoms with Crippen LogP contribution in [0, 0.1) is 0 Å². The Morgan fingerprint density at radius 1 is 1.18 bits per heavy atom. The van der Waals surface area contributed by atoms with Gasteiger partial charge in [0.2, 0.25) is 0 Å². The lowest BCUT2D eigenvalue weighted by molar-refractivity contribution is -0.143. The highest BCUT2D eigenvalue weighted by Gasteiger charge is 2.33. The van der Waals surface area contributed by atoms with E-state index in [-0.39, 0.29) is 11.7 Å². The Kier molecular flexibility index (Phi) is 8.43. The number of fused-ring (bicyclic) bond motifs is 1. The van der Waals surface area contributed by atoms with Crippen LogP contribution in [0.1, 0.15) is 51.8 Å². The van der Waals surface area contributed by atoms with Gasteiger partial charge in [-0.1, -0.05) is 35.1 Å². The number of hydrogen-bond donors (Lipinski definition) is 0. The highest BCUT2D eigenvalue weighted by molar-refractivity contribution is 7.07. The first-order chi connectivity index (χ1) is 18.2. The number of methoxy groups -OCH3 is 1. The predicted molar refractivity (Wildman–Crippen MR) is 153 cm³/mol. The lowest BCUT2D eigenvalue weighted by Gasteiger charge is -2.25. The third kappa shape index (κ3) is 5.42. The SMILES string of the molecule is CCN(CC)c1ccc(/C=c2\sc3n(c2=O)[C@H](c2ccc(Cl)cc2)C(C(=O)OC(C)C)=C(C)N=3)c(OC)c1. The molecule has 0 amide bonds. The fraction of sp³-hybridized carbons (Fsp3) is 0.345. The van der Waals surface area contributed by atoms with Crippen molar-refractivity contribution in [3.8, 4) is 5.75 Å². The van der Waals surface area contributed by atoms with Crippen LogP contribution < -0.4 is 24.5 Å². The van der Waals surface area contributed by atoms with E-state index in [2.05, 4.69) is 23.7 Å². The zero-order valence-corrected chi connectivity index (χ0v) is 24.0. The molecule has 9 heteroatoms. The lowest BCUT2D eigenvalue weighted by atomic mass is 9.96. The second-order valence-corrected chi connectivity index (χ2v) is 10.6. The van der Waals surface area contributed by atoms with Gasteiger partial charge >= 0.3 is 5.97 Å². The summed E-state index contributed by atoms with van der Waals surface area (Å²) in [5.74, 6) is 0.177. The van der Waals surface area contributed by atoms with Gasteiger partial charge in [-0.2, -0.15) is 0 Å². The van der Waals surface area contributed by atoms with Crippen molar-refractivity contribution in [2.24, 2.45) is 4.99 Å². The van der Waals surface area contributed by atoms with Crippen molar-refractivity contribution >= 4 is 40.7 Å². The smallest absolute Gasteiger partial charge is 0.338 e. The molecule has 38 heavy (non-hydrogen) atoms. The van der Waals surface area contributed by atoms with Crippen molar-refractivity contribution in [3.05, 3.63) is 89.6 Å². The third-order valence-electron chi connectivity index (χ3n) is 6.40. The van der Waals surface area contributed by atoms with Gasteiger partial charge in [-0.05, 0) is 70.5 Å². The number of anilines is 1. The van der Waals surface area contributed by atoms with E-state index in [0.29, 0.717) is 31.4 Å². The normalized spacial score (nSPS) is 15.4. The van der Waals surface area contributed by atoms with Crippen molar-refractivity contribution in [1.29, 1.82) is 0 Å². The van der Waals surface area contributed by atoms with Crippen molar-refractivity contribution in [2.45, 2.75) is 46.8 Å². The molecule has 7 nitrogen and oxygen atoms in total. The van der Waals surface area contributed by atoms with E-state index < -0.39 is 12.0 Å². The monoisotopic (exact) mass is 553 g/mol. The number of carbonyl (C=O) groups is 1. The maximum Gasteiger partial charge on any atom is 0.338 e. The first-order valence-electron chi connectivity index (χ1n) is 12.6. The molecule has 1 aromatic heterocycles. The second-order valence-electron chi connectivity index (χ2n) is 9.19. The average molecular weight is 554 g/mol. The molecule has 0 bridgehead atoms. The molecule has 0 N–H and O–H groups in total. The Morgan fingerprint density at radius 2 is 1.87 bits per heavy atom. The van der Waals surface area contributed by atoms with Crippen LogP contribution >= 0.6 is 22.9 Å². The van der Waals surface area contributed by atoms with Gasteiger partial charge in [0.1, 0.15) is 5.75 Å². The number of benzene rings is 2. The molecule has 1 aliphatic rings. The van der Waals surface area contributed by atoms with Gasteiger partial charge in [-0.25, -0.2) is 9.79 Å². The Morgan fingerprint density at radius 3 is 2.47 bits per heavy atom. The Hall–Kier alpha value is -3.36. The minimum atomic E-state index is -0.691. The van der Waals surface area contributed by atoms with Gasteiger partial charge < -0.3 is 14.4 Å². The molecule has 3 aromatic rings. The van der Waals surface area contributed by atoms with Crippen LogP contribution in [0.2, 0.25) is 5.02 Å². The number of nitrogens with zero attached hydrogens (tertiary/aromatic N) is 3. The molecule has 0 radical (unpaired) electrons. The molecule has 1 atom stereocenters. The molecule has 0 spiro atoms. The number of allylic oxidation sites excluding steroid dienone is 1. The molecule has 200 valence electrons. The van der Waals surface area contributed by atoms with Crippen LogP contribution in [-0.4, -0.2) is 36.8 Å². The van der Waals surface area contributed by atoms with Crippen molar-refractivity contribution in [3.63, 3.8) is 0 Å². The van der Waals surface area contributed by atoms with E-state index in [1.165, 1.54) is 11.3 Å². The summed E-state index contributed by atoms with van der Waals surface area (Å²) in [5.41, 5.74) is 3.19. The quantitative estimate of drug-likeness (QED) is 0.378. The second kappa shape index (κ2) is 11.6. The largest absolute Gasteiger partial charge is 0.496 e. The topological polar surface area (TPSA) is 73.1 Å². The molecule has 2 aromatic carbocycles. The minimum absolute atomic E-state index is 0.245. The molecule has 4 rings (SSSR count). The van der Waals surface area contributed by atoms with Gasteiger partial charge in [0.05, 0.1) is 35.1 Å². The number of halogens is 1. The van der Waals surface area contributed by atoms with Crippen LogP contribution in [0.4, 0.5) is 5.69 Å². The highest BCUT2D eigenvalue weighted by atomic mass is 35.5. The van der Waals surface area contributed by atoms with Crippen molar-refractivity contribution in [1.82, 2.24) is 4.57 Å². The maximum absolute atomic E-state index is 13.9. The first-order valence-corrected chi connectivity index (χ1v) is 13.8. The molecule has 2 heterocycles. The molecule has 0 unspecified atom stereocenters. The van der Waals surface area contributed by atoms with Gasteiger partial charge in [-0.15, -0.1) is 0 Å². The minimum Gasteiger partial charge on any atom is -0.496 e. The van der Waals surface area contributed by atoms with Gasteiger partial charge in [0, 0.05) is 35.4 Å².